The number of rotatable bonds is 5. The van der Waals surface area contributed by atoms with Gasteiger partial charge < -0.3 is 20.4 Å². The summed E-state index contributed by atoms with van der Waals surface area (Å²) in [7, 11) is 0. The summed E-state index contributed by atoms with van der Waals surface area (Å²) in [5.74, 6) is 1.03. The fourth-order valence-electron chi connectivity index (χ4n) is 3.73. The smallest absolute Gasteiger partial charge is 0.223 e. The van der Waals surface area contributed by atoms with Crippen LogP contribution in [0.1, 0.15) is 38.5 Å². The highest BCUT2D eigenvalue weighted by molar-refractivity contribution is 5.84. The molecule has 3 rings (SSSR count). The number of piperazine rings is 1. The molecule has 7 nitrogen and oxygen atoms in total. The van der Waals surface area contributed by atoms with Crippen molar-refractivity contribution in [1.29, 1.82) is 0 Å². The van der Waals surface area contributed by atoms with E-state index in [1.807, 2.05) is 23.1 Å². The van der Waals surface area contributed by atoms with E-state index in [9.17, 15) is 9.59 Å². The summed E-state index contributed by atoms with van der Waals surface area (Å²) in [4.78, 5) is 33.1. The molecule has 0 bridgehead atoms. The lowest BCUT2D eigenvalue weighted by atomic mass is 10.0. The van der Waals surface area contributed by atoms with E-state index >= 15 is 0 Å². The minimum atomic E-state index is 0.000968. The van der Waals surface area contributed by atoms with Crippen molar-refractivity contribution < 1.29 is 9.59 Å². The summed E-state index contributed by atoms with van der Waals surface area (Å²) in [6.07, 6.45) is 6.67. The fourth-order valence-corrected chi connectivity index (χ4v) is 3.73. The first kappa shape index (κ1) is 19.6. The summed E-state index contributed by atoms with van der Waals surface area (Å²) in [5.41, 5.74) is 0. The molecule has 1 unspecified atom stereocenters. The molecular weight excluding hydrogens is 342 g/mol. The maximum atomic E-state index is 12.4. The number of nitrogens with one attached hydrogen (secondary N) is 2. The Bertz CT molecular complexity index is 594. The lowest BCUT2D eigenvalue weighted by Crippen LogP contribution is -2.49. The van der Waals surface area contributed by atoms with Gasteiger partial charge in [-0.1, -0.05) is 12.5 Å². The quantitative estimate of drug-likeness (QED) is 0.810. The van der Waals surface area contributed by atoms with Gasteiger partial charge in [0.05, 0.1) is 0 Å². The number of amides is 2. The number of carbonyl (C=O) groups excluding carboxylic acids is 2. The van der Waals surface area contributed by atoms with Crippen molar-refractivity contribution in [1.82, 2.24) is 20.5 Å². The summed E-state index contributed by atoms with van der Waals surface area (Å²) < 4.78 is 0. The van der Waals surface area contributed by atoms with Crippen molar-refractivity contribution >= 4 is 17.6 Å². The normalized spacial score (nSPS) is 21.3. The van der Waals surface area contributed by atoms with Gasteiger partial charge in [-0.15, -0.1) is 0 Å². The zero-order valence-electron chi connectivity index (χ0n) is 16.0. The SMILES string of the molecule is O=C(CCC(=O)N1CCN(c2ccccn2)CC1)NC1CCCCNCC1. The minimum Gasteiger partial charge on any atom is -0.353 e. The average Bonchev–Trinajstić information content (AvgIpc) is 2.69. The molecule has 2 fully saturated rings. The molecule has 2 N–H and O–H groups in total. The molecule has 7 heteroatoms. The number of hydrogen-bond acceptors (Lipinski definition) is 5. The molecule has 1 aromatic rings. The Hall–Kier alpha value is -2.15. The molecule has 0 aliphatic carbocycles. The van der Waals surface area contributed by atoms with Crippen molar-refractivity contribution in [3.8, 4) is 0 Å². The number of hydrogen-bond donors (Lipinski definition) is 2. The van der Waals surface area contributed by atoms with Crippen LogP contribution in [0.15, 0.2) is 24.4 Å². The van der Waals surface area contributed by atoms with Gasteiger partial charge in [0.2, 0.25) is 11.8 Å². The van der Waals surface area contributed by atoms with Gasteiger partial charge in [-0.05, 0) is 44.5 Å². The fraction of sp³-hybridized carbons (Fsp3) is 0.650. The van der Waals surface area contributed by atoms with Gasteiger partial charge in [-0.3, -0.25) is 9.59 Å². The summed E-state index contributed by atoms with van der Waals surface area (Å²) >= 11 is 0. The third-order valence-electron chi connectivity index (χ3n) is 5.36. The number of anilines is 1. The predicted molar refractivity (Wildman–Crippen MR) is 106 cm³/mol. The summed E-state index contributed by atoms with van der Waals surface area (Å²) in [6, 6.07) is 6.11. The zero-order valence-corrected chi connectivity index (χ0v) is 16.0. The van der Waals surface area contributed by atoms with E-state index in [1.165, 1.54) is 0 Å². The monoisotopic (exact) mass is 373 g/mol. The molecule has 3 heterocycles. The molecule has 1 aromatic heterocycles. The van der Waals surface area contributed by atoms with Crippen molar-refractivity contribution in [3.05, 3.63) is 24.4 Å². The number of nitrogens with zero attached hydrogens (tertiary/aromatic N) is 3. The first-order valence-corrected chi connectivity index (χ1v) is 10.2. The van der Waals surface area contributed by atoms with Crippen LogP contribution < -0.4 is 15.5 Å². The lowest BCUT2D eigenvalue weighted by molar-refractivity contribution is -0.134. The lowest BCUT2D eigenvalue weighted by Gasteiger charge is -2.35. The van der Waals surface area contributed by atoms with Crippen molar-refractivity contribution in [2.75, 3.05) is 44.2 Å². The van der Waals surface area contributed by atoms with Crippen LogP contribution in [-0.2, 0) is 9.59 Å². The molecule has 1 atom stereocenters. The van der Waals surface area contributed by atoms with Gasteiger partial charge >= 0.3 is 0 Å². The second-order valence-electron chi connectivity index (χ2n) is 7.35. The third kappa shape index (κ3) is 6.20. The Kier molecular flexibility index (Phi) is 7.45. The largest absolute Gasteiger partial charge is 0.353 e. The van der Waals surface area contributed by atoms with E-state index in [0.717, 1.165) is 57.7 Å². The third-order valence-corrected chi connectivity index (χ3v) is 5.36. The Balaban J connectivity index is 1.36. The second-order valence-corrected chi connectivity index (χ2v) is 7.35. The summed E-state index contributed by atoms with van der Waals surface area (Å²) in [5, 5.41) is 6.49. The van der Waals surface area contributed by atoms with Crippen LogP contribution in [0.3, 0.4) is 0 Å². The van der Waals surface area contributed by atoms with Gasteiger partial charge in [0.15, 0.2) is 0 Å². The number of aromatic nitrogens is 1. The number of pyridine rings is 1. The van der Waals surface area contributed by atoms with E-state index in [1.54, 1.807) is 6.20 Å². The molecule has 2 aliphatic heterocycles. The van der Waals surface area contributed by atoms with E-state index in [4.69, 9.17) is 0 Å². The molecule has 0 saturated carbocycles. The Morgan fingerprint density at radius 1 is 1.07 bits per heavy atom. The van der Waals surface area contributed by atoms with Crippen LogP contribution in [-0.4, -0.2) is 67.0 Å². The molecule has 2 amide bonds. The van der Waals surface area contributed by atoms with Crippen molar-refractivity contribution in [2.45, 2.75) is 44.6 Å². The molecule has 2 saturated heterocycles. The Morgan fingerprint density at radius 3 is 2.70 bits per heavy atom. The number of carbonyl (C=O) groups is 2. The van der Waals surface area contributed by atoms with Crippen LogP contribution in [0.25, 0.3) is 0 Å². The predicted octanol–water partition coefficient (Wildman–Crippen LogP) is 1.16. The molecule has 0 spiro atoms. The zero-order chi connectivity index (χ0) is 18.9. The van der Waals surface area contributed by atoms with E-state index in [0.29, 0.717) is 19.5 Å². The van der Waals surface area contributed by atoms with E-state index in [-0.39, 0.29) is 24.3 Å². The summed E-state index contributed by atoms with van der Waals surface area (Å²) in [6.45, 7) is 4.96. The van der Waals surface area contributed by atoms with E-state index < -0.39 is 0 Å². The second kappa shape index (κ2) is 10.3. The van der Waals surface area contributed by atoms with Gasteiger partial charge in [0.25, 0.3) is 0 Å². The molecule has 148 valence electrons. The van der Waals surface area contributed by atoms with Gasteiger partial charge in [0, 0.05) is 51.3 Å². The van der Waals surface area contributed by atoms with Crippen molar-refractivity contribution in [3.63, 3.8) is 0 Å². The van der Waals surface area contributed by atoms with Crippen molar-refractivity contribution in [2.24, 2.45) is 0 Å². The minimum absolute atomic E-state index is 0.000968. The van der Waals surface area contributed by atoms with Crippen LogP contribution in [0, 0.1) is 0 Å². The van der Waals surface area contributed by atoms with Crippen LogP contribution in [0.2, 0.25) is 0 Å². The first-order chi connectivity index (χ1) is 13.2. The molecule has 0 radical (unpaired) electrons. The Labute approximate surface area is 161 Å². The van der Waals surface area contributed by atoms with Gasteiger partial charge in [-0.2, -0.15) is 0 Å². The molecule has 2 aliphatic rings. The molecule has 0 aromatic carbocycles. The van der Waals surface area contributed by atoms with Crippen LogP contribution >= 0.6 is 0 Å². The van der Waals surface area contributed by atoms with Gasteiger partial charge in [-0.25, -0.2) is 4.98 Å². The standard InChI is InChI=1S/C20H31N5O2/c26-19(23-17-5-1-3-10-21-12-9-17)7-8-20(27)25-15-13-24(14-16-25)18-6-2-4-11-22-18/h2,4,6,11,17,21H,1,3,5,7-10,12-16H2,(H,23,26). The van der Waals surface area contributed by atoms with E-state index in [2.05, 4.69) is 20.5 Å². The molecule has 27 heavy (non-hydrogen) atoms. The van der Waals surface area contributed by atoms with Gasteiger partial charge in [0.1, 0.15) is 5.82 Å². The highest BCUT2D eigenvalue weighted by Gasteiger charge is 2.22. The highest BCUT2D eigenvalue weighted by atomic mass is 16.2. The maximum Gasteiger partial charge on any atom is 0.223 e. The van der Waals surface area contributed by atoms with Crippen LogP contribution in [0.4, 0.5) is 5.82 Å². The average molecular weight is 374 g/mol. The maximum absolute atomic E-state index is 12.4. The highest BCUT2D eigenvalue weighted by Crippen LogP contribution is 2.13. The first-order valence-electron chi connectivity index (χ1n) is 10.2. The van der Waals surface area contributed by atoms with Crippen LogP contribution in [0.5, 0.6) is 0 Å². The Morgan fingerprint density at radius 2 is 1.93 bits per heavy atom. The molecular formula is C20H31N5O2. The topological polar surface area (TPSA) is 77.6 Å².